The smallest absolute Gasteiger partial charge is 0.225 e. The minimum absolute atomic E-state index is 0.232. The first-order chi connectivity index (χ1) is 12.2. The van der Waals surface area contributed by atoms with Crippen LogP contribution < -0.4 is 10.6 Å². The second kappa shape index (κ2) is 6.93. The van der Waals surface area contributed by atoms with Crippen LogP contribution in [0.5, 0.6) is 0 Å². The van der Waals surface area contributed by atoms with E-state index in [4.69, 9.17) is 16.6 Å². The predicted octanol–water partition coefficient (Wildman–Crippen LogP) is 2.49. The summed E-state index contributed by atoms with van der Waals surface area (Å²) in [5, 5.41) is 7.05. The molecule has 2 N–H and O–H groups in total. The zero-order valence-electron chi connectivity index (χ0n) is 14.0. The molecule has 0 saturated carbocycles. The highest BCUT2D eigenvalue weighted by molar-refractivity contribution is 6.28. The van der Waals surface area contributed by atoms with E-state index in [-0.39, 0.29) is 5.28 Å². The van der Waals surface area contributed by atoms with Crippen molar-refractivity contribution in [2.75, 3.05) is 25.0 Å². The molecule has 3 aromatic rings. The van der Waals surface area contributed by atoms with Crippen molar-refractivity contribution in [1.29, 1.82) is 0 Å². The van der Waals surface area contributed by atoms with Crippen LogP contribution in [0.4, 0.5) is 5.82 Å². The highest BCUT2D eigenvalue weighted by Crippen LogP contribution is 2.25. The quantitative estimate of drug-likeness (QED) is 0.698. The van der Waals surface area contributed by atoms with Gasteiger partial charge in [0.2, 0.25) is 5.28 Å². The van der Waals surface area contributed by atoms with Crippen LogP contribution in [-0.2, 0) is 7.05 Å². The SMILES string of the molecule is Cn1cncc1-c1ccc2nc(Cl)nc(NCC3CCNCC3)c2n1. The maximum Gasteiger partial charge on any atom is 0.225 e. The number of hydrogen-bond acceptors (Lipinski definition) is 6. The average molecular weight is 358 g/mol. The molecular weight excluding hydrogens is 338 g/mol. The van der Waals surface area contributed by atoms with Crippen LogP contribution >= 0.6 is 11.6 Å². The first kappa shape index (κ1) is 16.2. The first-order valence-electron chi connectivity index (χ1n) is 8.46. The number of piperidine rings is 1. The van der Waals surface area contributed by atoms with Gasteiger partial charge in [0, 0.05) is 13.6 Å². The molecule has 1 saturated heterocycles. The van der Waals surface area contributed by atoms with Crippen LogP contribution in [0.2, 0.25) is 5.28 Å². The largest absolute Gasteiger partial charge is 0.368 e. The number of aryl methyl sites for hydroxylation is 1. The molecule has 0 amide bonds. The summed E-state index contributed by atoms with van der Waals surface area (Å²) < 4.78 is 1.94. The van der Waals surface area contributed by atoms with Crippen molar-refractivity contribution in [2.45, 2.75) is 12.8 Å². The van der Waals surface area contributed by atoms with Gasteiger partial charge < -0.3 is 15.2 Å². The summed E-state index contributed by atoms with van der Waals surface area (Å²) in [5.41, 5.74) is 3.25. The fourth-order valence-corrected chi connectivity index (χ4v) is 3.36. The van der Waals surface area contributed by atoms with Gasteiger partial charge in [-0.15, -0.1) is 0 Å². The van der Waals surface area contributed by atoms with Crippen LogP contribution in [0.1, 0.15) is 12.8 Å². The first-order valence-corrected chi connectivity index (χ1v) is 8.84. The number of rotatable bonds is 4. The van der Waals surface area contributed by atoms with E-state index in [1.165, 1.54) is 0 Å². The van der Waals surface area contributed by atoms with Gasteiger partial charge in [0.1, 0.15) is 5.52 Å². The van der Waals surface area contributed by atoms with Gasteiger partial charge in [-0.05, 0) is 55.6 Å². The maximum absolute atomic E-state index is 6.10. The molecule has 0 bridgehead atoms. The Bertz CT molecular complexity index is 886. The minimum atomic E-state index is 0.232. The van der Waals surface area contributed by atoms with Gasteiger partial charge >= 0.3 is 0 Å². The normalized spacial score (nSPS) is 15.6. The molecule has 3 aromatic heterocycles. The Balaban J connectivity index is 1.67. The van der Waals surface area contributed by atoms with Crippen molar-refractivity contribution < 1.29 is 0 Å². The molecule has 4 heterocycles. The molecule has 7 nitrogen and oxygen atoms in total. The number of anilines is 1. The topological polar surface area (TPSA) is 80.5 Å². The third-order valence-corrected chi connectivity index (χ3v) is 4.78. The molecule has 0 unspecified atom stereocenters. The minimum Gasteiger partial charge on any atom is -0.368 e. The Morgan fingerprint density at radius 1 is 1.24 bits per heavy atom. The van der Waals surface area contributed by atoms with Crippen molar-refractivity contribution in [1.82, 2.24) is 29.8 Å². The van der Waals surface area contributed by atoms with Gasteiger partial charge in [-0.3, -0.25) is 0 Å². The van der Waals surface area contributed by atoms with E-state index in [9.17, 15) is 0 Å². The lowest BCUT2D eigenvalue weighted by atomic mass is 9.98. The Morgan fingerprint density at radius 2 is 2.08 bits per heavy atom. The molecule has 1 aliphatic rings. The molecule has 25 heavy (non-hydrogen) atoms. The molecule has 1 fully saturated rings. The summed E-state index contributed by atoms with van der Waals surface area (Å²) in [5.74, 6) is 1.32. The lowest BCUT2D eigenvalue weighted by Crippen LogP contribution is -2.31. The molecule has 130 valence electrons. The Hall–Kier alpha value is -2.25. The van der Waals surface area contributed by atoms with E-state index in [1.807, 2.05) is 23.7 Å². The van der Waals surface area contributed by atoms with Gasteiger partial charge in [0.25, 0.3) is 0 Å². The fourth-order valence-electron chi connectivity index (χ4n) is 3.18. The van der Waals surface area contributed by atoms with E-state index in [1.54, 1.807) is 12.5 Å². The summed E-state index contributed by atoms with van der Waals surface area (Å²) in [6.45, 7) is 3.00. The third-order valence-electron chi connectivity index (χ3n) is 4.61. The van der Waals surface area contributed by atoms with Gasteiger partial charge in [-0.1, -0.05) is 0 Å². The van der Waals surface area contributed by atoms with E-state index in [2.05, 4.69) is 25.6 Å². The molecular formula is C17H20ClN7. The van der Waals surface area contributed by atoms with Crippen molar-refractivity contribution in [3.05, 3.63) is 29.9 Å². The number of imidazole rings is 1. The number of nitrogens with zero attached hydrogens (tertiary/aromatic N) is 5. The molecule has 0 spiro atoms. The molecule has 8 heteroatoms. The monoisotopic (exact) mass is 357 g/mol. The van der Waals surface area contributed by atoms with Gasteiger partial charge in [0.15, 0.2) is 5.82 Å². The molecule has 0 aromatic carbocycles. The van der Waals surface area contributed by atoms with Gasteiger partial charge in [0.05, 0.1) is 29.4 Å². The van der Waals surface area contributed by atoms with E-state index < -0.39 is 0 Å². The van der Waals surface area contributed by atoms with Gasteiger partial charge in [-0.25, -0.2) is 15.0 Å². The molecule has 0 aliphatic carbocycles. The average Bonchev–Trinajstić information content (AvgIpc) is 3.06. The van der Waals surface area contributed by atoms with Gasteiger partial charge in [-0.2, -0.15) is 4.98 Å². The van der Waals surface area contributed by atoms with E-state index >= 15 is 0 Å². The highest BCUT2D eigenvalue weighted by atomic mass is 35.5. The van der Waals surface area contributed by atoms with Crippen LogP contribution in [0.15, 0.2) is 24.7 Å². The van der Waals surface area contributed by atoms with E-state index in [0.717, 1.165) is 54.9 Å². The van der Waals surface area contributed by atoms with Crippen LogP contribution in [0.3, 0.4) is 0 Å². The Labute approximate surface area is 150 Å². The van der Waals surface area contributed by atoms with Crippen molar-refractivity contribution in [3.8, 4) is 11.4 Å². The number of hydrogen-bond donors (Lipinski definition) is 2. The highest BCUT2D eigenvalue weighted by Gasteiger charge is 2.15. The number of pyridine rings is 1. The number of halogens is 1. The molecule has 1 aliphatic heterocycles. The maximum atomic E-state index is 6.10. The van der Waals surface area contributed by atoms with E-state index in [0.29, 0.717) is 11.7 Å². The zero-order chi connectivity index (χ0) is 17.2. The van der Waals surface area contributed by atoms with Crippen molar-refractivity contribution >= 4 is 28.5 Å². The number of fused-ring (bicyclic) bond motifs is 1. The molecule has 4 rings (SSSR count). The van der Waals surface area contributed by atoms with Crippen LogP contribution in [0.25, 0.3) is 22.4 Å². The standard InChI is InChI=1S/C17H20ClN7/c1-25-10-20-9-14(25)12-2-3-13-15(22-12)16(24-17(18)23-13)21-8-11-4-6-19-7-5-11/h2-3,9-11,19H,4-8H2,1H3,(H,21,23,24). The summed E-state index contributed by atoms with van der Waals surface area (Å²) in [6, 6.07) is 3.85. The second-order valence-corrected chi connectivity index (χ2v) is 6.71. The lowest BCUT2D eigenvalue weighted by Gasteiger charge is -2.23. The predicted molar refractivity (Wildman–Crippen MR) is 98.6 cm³/mol. The lowest BCUT2D eigenvalue weighted by molar-refractivity contribution is 0.389. The number of nitrogens with one attached hydrogen (secondary N) is 2. The summed E-state index contributed by atoms with van der Waals surface area (Å²) in [4.78, 5) is 17.6. The van der Waals surface area contributed by atoms with Crippen LogP contribution in [0, 0.1) is 5.92 Å². The van der Waals surface area contributed by atoms with Crippen molar-refractivity contribution in [3.63, 3.8) is 0 Å². The molecule has 0 radical (unpaired) electrons. The summed E-state index contributed by atoms with van der Waals surface area (Å²) in [6.07, 6.45) is 5.89. The summed E-state index contributed by atoms with van der Waals surface area (Å²) >= 11 is 6.10. The molecule has 0 atom stereocenters. The fraction of sp³-hybridized carbons (Fsp3) is 0.412. The Morgan fingerprint density at radius 3 is 2.84 bits per heavy atom. The second-order valence-electron chi connectivity index (χ2n) is 6.37. The zero-order valence-corrected chi connectivity index (χ0v) is 14.8. The summed E-state index contributed by atoms with van der Waals surface area (Å²) in [7, 11) is 1.95. The van der Waals surface area contributed by atoms with Crippen LogP contribution in [-0.4, -0.2) is 44.1 Å². The Kier molecular flexibility index (Phi) is 4.50. The third kappa shape index (κ3) is 3.43. The number of aromatic nitrogens is 5. The van der Waals surface area contributed by atoms with Crippen molar-refractivity contribution in [2.24, 2.45) is 13.0 Å².